The number of ether oxygens (including phenoxy) is 1. The average molecular weight is 237 g/mol. The van der Waals surface area contributed by atoms with Gasteiger partial charge in [0, 0.05) is 13.0 Å². The van der Waals surface area contributed by atoms with Gasteiger partial charge in [0.05, 0.1) is 13.7 Å². The maximum Gasteiger partial charge on any atom is 0.220 e. The van der Waals surface area contributed by atoms with Crippen LogP contribution in [0.15, 0.2) is 24.3 Å². The SMILES string of the molecule is COc1cccc(C(C)CC(=O)NCCO)c1. The summed E-state index contributed by atoms with van der Waals surface area (Å²) in [7, 11) is 1.62. The first-order valence-corrected chi connectivity index (χ1v) is 5.69. The lowest BCUT2D eigenvalue weighted by atomic mass is 9.97. The van der Waals surface area contributed by atoms with E-state index in [9.17, 15) is 4.79 Å². The topological polar surface area (TPSA) is 58.6 Å². The van der Waals surface area contributed by atoms with E-state index in [1.807, 2.05) is 31.2 Å². The van der Waals surface area contributed by atoms with Gasteiger partial charge in [0.1, 0.15) is 5.75 Å². The van der Waals surface area contributed by atoms with E-state index < -0.39 is 0 Å². The molecular formula is C13H19NO3. The van der Waals surface area contributed by atoms with E-state index in [4.69, 9.17) is 9.84 Å². The molecule has 2 N–H and O–H groups in total. The smallest absolute Gasteiger partial charge is 0.220 e. The quantitative estimate of drug-likeness (QED) is 0.784. The van der Waals surface area contributed by atoms with Crippen molar-refractivity contribution in [3.8, 4) is 5.75 Å². The Balaban J connectivity index is 2.56. The summed E-state index contributed by atoms with van der Waals surface area (Å²) in [5, 5.41) is 11.2. The Morgan fingerprint density at radius 1 is 1.53 bits per heavy atom. The van der Waals surface area contributed by atoms with Crippen molar-refractivity contribution in [1.29, 1.82) is 0 Å². The zero-order chi connectivity index (χ0) is 12.7. The first kappa shape index (κ1) is 13.5. The standard InChI is InChI=1S/C13H19NO3/c1-10(8-13(16)14-6-7-15)11-4-3-5-12(9-11)17-2/h3-5,9-10,15H,6-8H2,1-2H3,(H,14,16). The van der Waals surface area contributed by atoms with E-state index in [0.717, 1.165) is 11.3 Å². The first-order valence-electron chi connectivity index (χ1n) is 5.69. The number of aliphatic hydroxyl groups is 1. The van der Waals surface area contributed by atoms with Gasteiger partial charge >= 0.3 is 0 Å². The van der Waals surface area contributed by atoms with Crippen LogP contribution in [-0.2, 0) is 4.79 Å². The molecule has 0 aliphatic heterocycles. The predicted molar refractivity (Wildman–Crippen MR) is 66.1 cm³/mol. The van der Waals surface area contributed by atoms with Crippen LogP contribution < -0.4 is 10.1 Å². The van der Waals surface area contributed by atoms with E-state index >= 15 is 0 Å². The molecule has 94 valence electrons. The van der Waals surface area contributed by atoms with Crippen molar-refractivity contribution in [3.63, 3.8) is 0 Å². The zero-order valence-electron chi connectivity index (χ0n) is 10.3. The van der Waals surface area contributed by atoms with Crippen LogP contribution in [0.25, 0.3) is 0 Å². The van der Waals surface area contributed by atoms with Crippen LogP contribution in [0.1, 0.15) is 24.8 Å². The minimum absolute atomic E-state index is 0.0285. The molecule has 17 heavy (non-hydrogen) atoms. The average Bonchev–Trinajstić information content (AvgIpc) is 2.36. The fourth-order valence-corrected chi connectivity index (χ4v) is 1.61. The van der Waals surface area contributed by atoms with Crippen LogP contribution in [0.4, 0.5) is 0 Å². The van der Waals surface area contributed by atoms with E-state index in [1.54, 1.807) is 7.11 Å². The molecule has 0 radical (unpaired) electrons. The number of aliphatic hydroxyl groups excluding tert-OH is 1. The molecule has 1 aromatic rings. The van der Waals surface area contributed by atoms with Crippen molar-refractivity contribution in [2.24, 2.45) is 0 Å². The van der Waals surface area contributed by atoms with Crippen LogP contribution in [0.2, 0.25) is 0 Å². The maximum absolute atomic E-state index is 11.5. The summed E-state index contributed by atoms with van der Waals surface area (Å²) in [6.07, 6.45) is 0.410. The molecule has 4 nitrogen and oxygen atoms in total. The van der Waals surface area contributed by atoms with Crippen molar-refractivity contribution in [3.05, 3.63) is 29.8 Å². The summed E-state index contributed by atoms with van der Waals surface area (Å²) in [5.74, 6) is 0.878. The molecule has 0 aliphatic carbocycles. The third kappa shape index (κ3) is 4.44. The van der Waals surface area contributed by atoms with Crippen LogP contribution in [0.3, 0.4) is 0 Å². The van der Waals surface area contributed by atoms with Gasteiger partial charge in [0.25, 0.3) is 0 Å². The second-order valence-electron chi connectivity index (χ2n) is 3.96. The number of carbonyl (C=O) groups excluding carboxylic acids is 1. The fourth-order valence-electron chi connectivity index (χ4n) is 1.61. The van der Waals surface area contributed by atoms with Crippen LogP contribution in [0, 0.1) is 0 Å². The molecular weight excluding hydrogens is 218 g/mol. The van der Waals surface area contributed by atoms with E-state index in [-0.39, 0.29) is 18.4 Å². The summed E-state index contributed by atoms with van der Waals surface area (Å²) in [6, 6.07) is 7.70. The van der Waals surface area contributed by atoms with Gasteiger partial charge in [0.2, 0.25) is 5.91 Å². The number of benzene rings is 1. The molecule has 0 fully saturated rings. The monoisotopic (exact) mass is 237 g/mol. The summed E-state index contributed by atoms with van der Waals surface area (Å²) in [6.45, 7) is 2.27. The Bertz CT molecular complexity index is 365. The number of amides is 1. The maximum atomic E-state index is 11.5. The number of carbonyl (C=O) groups is 1. The molecule has 1 aromatic carbocycles. The minimum Gasteiger partial charge on any atom is -0.497 e. The first-order chi connectivity index (χ1) is 8.17. The fraction of sp³-hybridized carbons (Fsp3) is 0.462. The van der Waals surface area contributed by atoms with Crippen molar-refractivity contribution in [2.75, 3.05) is 20.3 Å². The lowest BCUT2D eigenvalue weighted by molar-refractivity contribution is -0.121. The predicted octanol–water partition coefficient (Wildman–Crippen LogP) is 1.30. The molecule has 0 aromatic heterocycles. The largest absolute Gasteiger partial charge is 0.497 e. The molecule has 0 heterocycles. The van der Waals surface area contributed by atoms with Crippen LogP contribution in [0.5, 0.6) is 5.75 Å². The summed E-state index contributed by atoms with van der Waals surface area (Å²) >= 11 is 0. The van der Waals surface area contributed by atoms with Gasteiger partial charge in [-0.2, -0.15) is 0 Å². The highest BCUT2D eigenvalue weighted by Crippen LogP contribution is 2.22. The molecule has 0 aliphatic rings. The van der Waals surface area contributed by atoms with Gasteiger partial charge in [-0.15, -0.1) is 0 Å². The highest BCUT2D eigenvalue weighted by molar-refractivity contribution is 5.76. The lowest BCUT2D eigenvalue weighted by Crippen LogP contribution is -2.27. The van der Waals surface area contributed by atoms with Gasteiger partial charge in [-0.3, -0.25) is 4.79 Å². The third-order valence-electron chi connectivity index (χ3n) is 2.59. The summed E-state index contributed by atoms with van der Waals surface area (Å²) in [5.41, 5.74) is 1.07. The number of rotatable bonds is 6. The Hall–Kier alpha value is -1.55. The van der Waals surface area contributed by atoms with Crippen LogP contribution >= 0.6 is 0 Å². The van der Waals surface area contributed by atoms with Gasteiger partial charge in [-0.1, -0.05) is 19.1 Å². The molecule has 1 atom stereocenters. The van der Waals surface area contributed by atoms with Gasteiger partial charge in [0.15, 0.2) is 0 Å². The van der Waals surface area contributed by atoms with Crippen molar-refractivity contribution >= 4 is 5.91 Å². The lowest BCUT2D eigenvalue weighted by Gasteiger charge is -2.12. The summed E-state index contributed by atoms with van der Waals surface area (Å²) in [4.78, 5) is 11.5. The molecule has 0 saturated heterocycles. The van der Waals surface area contributed by atoms with E-state index in [1.165, 1.54) is 0 Å². The molecule has 1 rings (SSSR count). The van der Waals surface area contributed by atoms with E-state index in [0.29, 0.717) is 13.0 Å². The molecule has 0 bridgehead atoms. The van der Waals surface area contributed by atoms with E-state index in [2.05, 4.69) is 5.32 Å². The number of hydrogen-bond donors (Lipinski definition) is 2. The van der Waals surface area contributed by atoms with Crippen LogP contribution in [-0.4, -0.2) is 31.3 Å². The summed E-state index contributed by atoms with van der Waals surface area (Å²) < 4.78 is 5.14. The molecule has 0 saturated carbocycles. The Morgan fingerprint density at radius 2 is 2.29 bits per heavy atom. The van der Waals surface area contributed by atoms with Gasteiger partial charge in [-0.25, -0.2) is 0 Å². The second kappa shape index (κ2) is 6.91. The molecule has 1 amide bonds. The number of methoxy groups -OCH3 is 1. The highest BCUT2D eigenvalue weighted by atomic mass is 16.5. The third-order valence-corrected chi connectivity index (χ3v) is 2.59. The normalized spacial score (nSPS) is 11.9. The zero-order valence-corrected chi connectivity index (χ0v) is 10.3. The van der Waals surface area contributed by atoms with Gasteiger partial charge in [-0.05, 0) is 23.6 Å². The van der Waals surface area contributed by atoms with Crippen molar-refractivity contribution in [1.82, 2.24) is 5.32 Å². The number of nitrogens with one attached hydrogen (secondary N) is 1. The second-order valence-corrected chi connectivity index (χ2v) is 3.96. The van der Waals surface area contributed by atoms with Crippen molar-refractivity contribution < 1.29 is 14.6 Å². The Kier molecular flexibility index (Phi) is 5.49. The van der Waals surface area contributed by atoms with Crippen molar-refractivity contribution in [2.45, 2.75) is 19.3 Å². The minimum atomic E-state index is -0.0469. The molecule has 0 spiro atoms. The highest BCUT2D eigenvalue weighted by Gasteiger charge is 2.11. The number of hydrogen-bond acceptors (Lipinski definition) is 3. The molecule has 4 heteroatoms. The van der Waals surface area contributed by atoms with Gasteiger partial charge < -0.3 is 15.2 Å². The molecule has 1 unspecified atom stereocenters. The Morgan fingerprint density at radius 3 is 2.94 bits per heavy atom. The Labute approximate surface area is 102 Å².